The van der Waals surface area contributed by atoms with E-state index < -0.39 is 5.97 Å². The van der Waals surface area contributed by atoms with Gasteiger partial charge < -0.3 is 10.2 Å². The standard InChI is InChI=1S/C22H24O4/c23-20(24)12-11-15-13-18(16-7-3-1-4-8-16)22(26)19(14-15)21(25)17-9-5-2-6-10-17/h2,5-6,9-10,13-14,16,26H,1,3-4,7-8,11-12H2,(H,23,24). The van der Waals surface area contributed by atoms with Crippen LogP contribution in [0, 0.1) is 0 Å². The van der Waals surface area contributed by atoms with Gasteiger partial charge in [-0.15, -0.1) is 0 Å². The number of aliphatic carboxylic acids is 1. The Hall–Kier alpha value is -2.62. The average molecular weight is 352 g/mol. The van der Waals surface area contributed by atoms with Crippen molar-refractivity contribution in [3.63, 3.8) is 0 Å². The second-order valence-corrected chi connectivity index (χ2v) is 7.01. The van der Waals surface area contributed by atoms with Gasteiger partial charge in [-0.25, -0.2) is 0 Å². The molecule has 0 aliphatic heterocycles. The van der Waals surface area contributed by atoms with E-state index in [1.54, 1.807) is 30.3 Å². The molecule has 136 valence electrons. The van der Waals surface area contributed by atoms with Crippen LogP contribution >= 0.6 is 0 Å². The maximum atomic E-state index is 12.9. The van der Waals surface area contributed by atoms with Crippen molar-refractivity contribution < 1.29 is 19.8 Å². The van der Waals surface area contributed by atoms with Gasteiger partial charge in [-0.05, 0) is 42.4 Å². The molecule has 4 nitrogen and oxygen atoms in total. The number of aromatic hydroxyl groups is 1. The summed E-state index contributed by atoms with van der Waals surface area (Å²) in [5.41, 5.74) is 2.39. The second-order valence-electron chi connectivity index (χ2n) is 7.01. The van der Waals surface area contributed by atoms with Gasteiger partial charge in [0.05, 0.1) is 5.56 Å². The maximum Gasteiger partial charge on any atom is 0.303 e. The van der Waals surface area contributed by atoms with E-state index in [-0.39, 0.29) is 29.4 Å². The highest BCUT2D eigenvalue weighted by atomic mass is 16.4. The van der Waals surface area contributed by atoms with Crippen molar-refractivity contribution in [2.45, 2.75) is 50.9 Å². The Kier molecular flexibility index (Phi) is 5.71. The van der Waals surface area contributed by atoms with Crippen molar-refractivity contribution in [3.05, 3.63) is 64.7 Å². The third kappa shape index (κ3) is 4.13. The largest absolute Gasteiger partial charge is 0.507 e. The summed E-state index contributed by atoms with van der Waals surface area (Å²) in [6.07, 6.45) is 5.78. The van der Waals surface area contributed by atoms with Gasteiger partial charge in [0.15, 0.2) is 5.78 Å². The summed E-state index contributed by atoms with van der Waals surface area (Å²) < 4.78 is 0. The Balaban J connectivity index is 2.02. The highest BCUT2D eigenvalue weighted by molar-refractivity contribution is 6.11. The zero-order chi connectivity index (χ0) is 18.5. The van der Waals surface area contributed by atoms with E-state index in [2.05, 4.69) is 0 Å². The smallest absolute Gasteiger partial charge is 0.303 e. The summed E-state index contributed by atoms with van der Waals surface area (Å²) in [6, 6.07) is 12.4. The number of ketones is 1. The maximum absolute atomic E-state index is 12.9. The number of aryl methyl sites for hydroxylation is 1. The van der Waals surface area contributed by atoms with Gasteiger partial charge in [0.2, 0.25) is 0 Å². The van der Waals surface area contributed by atoms with Crippen LogP contribution in [0.25, 0.3) is 0 Å². The van der Waals surface area contributed by atoms with Crippen molar-refractivity contribution in [3.8, 4) is 5.75 Å². The summed E-state index contributed by atoms with van der Waals surface area (Å²) in [6.45, 7) is 0. The first-order valence-corrected chi connectivity index (χ1v) is 9.23. The average Bonchev–Trinajstić information content (AvgIpc) is 2.68. The molecule has 0 saturated heterocycles. The number of carboxylic acids is 1. The summed E-state index contributed by atoms with van der Waals surface area (Å²) in [4.78, 5) is 23.9. The SMILES string of the molecule is O=C(O)CCc1cc(C(=O)c2ccccc2)c(O)c(C2CCCCC2)c1. The number of phenolic OH excluding ortho intramolecular Hbond substituents is 1. The molecule has 1 aliphatic carbocycles. The fraction of sp³-hybridized carbons (Fsp3) is 0.364. The molecule has 0 unspecified atom stereocenters. The van der Waals surface area contributed by atoms with Crippen LogP contribution < -0.4 is 0 Å². The summed E-state index contributed by atoms with van der Waals surface area (Å²) in [7, 11) is 0. The fourth-order valence-corrected chi connectivity index (χ4v) is 3.76. The zero-order valence-corrected chi connectivity index (χ0v) is 14.8. The highest BCUT2D eigenvalue weighted by Crippen LogP contribution is 2.40. The van der Waals surface area contributed by atoms with Gasteiger partial charge in [-0.2, -0.15) is 0 Å². The van der Waals surface area contributed by atoms with Crippen LogP contribution in [0.2, 0.25) is 0 Å². The van der Waals surface area contributed by atoms with Crippen LogP contribution in [0.1, 0.15) is 71.5 Å². The summed E-state index contributed by atoms with van der Waals surface area (Å²) in [5, 5.41) is 19.8. The first-order valence-electron chi connectivity index (χ1n) is 9.23. The third-order valence-corrected chi connectivity index (χ3v) is 5.15. The van der Waals surface area contributed by atoms with E-state index >= 15 is 0 Å². The van der Waals surface area contributed by atoms with Crippen molar-refractivity contribution in [2.75, 3.05) is 0 Å². The van der Waals surface area contributed by atoms with E-state index in [0.717, 1.165) is 36.8 Å². The van der Waals surface area contributed by atoms with Gasteiger partial charge in [0.25, 0.3) is 0 Å². The molecule has 0 bridgehead atoms. The lowest BCUT2D eigenvalue weighted by Gasteiger charge is -2.24. The molecule has 2 aromatic carbocycles. The topological polar surface area (TPSA) is 74.6 Å². The van der Waals surface area contributed by atoms with E-state index in [4.69, 9.17) is 5.11 Å². The lowest BCUT2D eigenvalue weighted by atomic mass is 9.81. The molecular formula is C22H24O4. The molecule has 0 radical (unpaired) electrons. The quantitative estimate of drug-likeness (QED) is 0.740. The molecular weight excluding hydrogens is 328 g/mol. The monoisotopic (exact) mass is 352 g/mol. The van der Waals surface area contributed by atoms with Crippen LogP contribution in [0.4, 0.5) is 0 Å². The Morgan fingerprint density at radius 2 is 1.69 bits per heavy atom. The molecule has 0 aromatic heterocycles. The molecule has 0 amide bonds. The summed E-state index contributed by atoms with van der Waals surface area (Å²) >= 11 is 0. The van der Waals surface area contributed by atoms with Gasteiger partial charge in [-0.1, -0.05) is 55.7 Å². The minimum absolute atomic E-state index is 0.00779. The molecule has 1 saturated carbocycles. The first-order chi connectivity index (χ1) is 12.6. The van der Waals surface area contributed by atoms with Gasteiger partial charge in [0, 0.05) is 12.0 Å². The van der Waals surface area contributed by atoms with Crippen molar-refractivity contribution in [1.82, 2.24) is 0 Å². The minimum atomic E-state index is -0.867. The van der Waals surface area contributed by atoms with Crippen LogP contribution in [0.3, 0.4) is 0 Å². The number of hydrogen-bond donors (Lipinski definition) is 2. The molecule has 1 fully saturated rings. The first kappa shape index (κ1) is 18.2. The zero-order valence-electron chi connectivity index (χ0n) is 14.8. The van der Waals surface area contributed by atoms with Crippen molar-refractivity contribution >= 4 is 11.8 Å². The van der Waals surface area contributed by atoms with Crippen molar-refractivity contribution in [1.29, 1.82) is 0 Å². The number of rotatable bonds is 6. The highest BCUT2D eigenvalue weighted by Gasteiger charge is 2.24. The van der Waals surface area contributed by atoms with Crippen LogP contribution in [-0.4, -0.2) is 22.0 Å². The molecule has 0 heterocycles. The predicted octanol–water partition coefficient (Wildman–Crippen LogP) is 4.69. The fourth-order valence-electron chi connectivity index (χ4n) is 3.76. The van der Waals surface area contributed by atoms with E-state index in [1.807, 2.05) is 12.1 Å². The van der Waals surface area contributed by atoms with Gasteiger partial charge >= 0.3 is 5.97 Å². The van der Waals surface area contributed by atoms with Crippen LogP contribution in [0.5, 0.6) is 5.75 Å². The van der Waals surface area contributed by atoms with Crippen LogP contribution in [-0.2, 0) is 11.2 Å². The van der Waals surface area contributed by atoms with E-state index in [9.17, 15) is 14.7 Å². The minimum Gasteiger partial charge on any atom is -0.507 e. The predicted molar refractivity (Wildman–Crippen MR) is 99.8 cm³/mol. The van der Waals surface area contributed by atoms with Crippen molar-refractivity contribution in [2.24, 2.45) is 0 Å². The van der Waals surface area contributed by atoms with Gasteiger partial charge in [0.1, 0.15) is 5.75 Å². The molecule has 26 heavy (non-hydrogen) atoms. The molecule has 2 aromatic rings. The molecule has 1 aliphatic rings. The number of carbonyl (C=O) groups is 2. The lowest BCUT2D eigenvalue weighted by Crippen LogP contribution is -2.10. The normalized spacial score (nSPS) is 14.9. The molecule has 2 N–H and O–H groups in total. The Labute approximate surface area is 153 Å². The van der Waals surface area contributed by atoms with E-state index in [0.29, 0.717) is 12.0 Å². The molecule has 0 atom stereocenters. The van der Waals surface area contributed by atoms with Crippen LogP contribution in [0.15, 0.2) is 42.5 Å². The number of benzene rings is 2. The Morgan fingerprint density at radius 1 is 1.00 bits per heavy atom. The van der Waals surface area contributed by atoms with E-state index in [1.165, 1.54) is 6.42 Å². The molecule has 0 spiro atoms. The second kappa shape index (κ2) is 8.17. The third-order valence-electron chi connectivity index (χ3n) is 5.15. The number of carbonyl (C=O) groups excluding carboxylic acids is 1. The Bertz CT molecular complexity index is 789. The molecule has 3 rings (SSSR count). The summed E-state index contributed by atoms with van der Waals surface area (Å²) in [5.74, 6) is -0.800. The van der Waals surface area contributed by atoms with Gasteiger partial charge in [-0.3, -0.25) is 9.59 Å². The number of carboxylic acid groups (broad SMARTS) is 1. The number of phenols is 1. The number of hydrogen-bond acceptors (Lipinski definition) is 3. The Morgan fingerprint density at radius 3 is 2.35 bits per heavy atom. The molecule has 4 heteroatoms. The lowest BCUT2D eigenvalue weighted by molar-refractivity contribution is -0.136.